The molecule has 0 fully saturated rings. The molecular formula is C43H50HfSi. The zero-order valence-electron chi connectivity index (χ0n) is 28.8. The van der Waals surface area contributed by atoms with Crippen molar-refractivity contribution in [3.8, 4) is 22.3 Å². The number of fused-ring (bicyclic) bond motifs is 2. The first-order valence-corrected chi connectivity index (χ1v) is 18.5. The van der Waals surface area contributed by atoms with Gasteiger partial charge in [-0.25, -0.2) is 0 Å². The van der Waals surface area contributed by atoms with Crippen LogP contribution in [0.3, 0.4) is 0 Å². The second-order valence-corrected chi connectivity index (χ2v) is 17.3. The average molecular weight is 773 g/mol. The minimum absolute atomic E-state index is 0. The van der Waals surface area contributed by atoms with E-state index in [1.807, 2.05) is 0 Å². The van der Waals surface area contributed by atoms with E-state index in [-0.39, 0.29) is 40.7 Å². The van der Waals surface area contributed by atoms with Gasteiger partial charge in [-0.05, 0) is 38.8 Å². The fourth-order valence-corrected chi connectivity index (χ4v) is 11.0. The van der Waals surface area contributed by atoms with E-state index in [1.54, 1.807) is 10.4 Å². The Bertz CT molecular complexity index is 1710. The van der Waals surface area contributed by atoms with Crippen LogP contribution < -0.4 is 10.4 Å². The van der Waals surface area contributed by atoms with Gasteiger partial charge in [-0.2, -0.15) is 12.1 Å². The number of hydrogen-bond donors (Lipinski definition) is 0. The summed E-state index contributed by atoms with van der Waals surface area (Å²) >= 11 is 0. The molecule has 0 aliphatic rings. The first kappa shape index (κ1) is 36.7. The van der Waals surface area contributed by atoms with Gasteiger partial charge in [0, 0.05) is 0 Å². The summed E-state index contributed by atoms with van der Waals surface area (Å²) in [6, 6.07) is 39.1. The summed E-state index contributed by atoms with van der Waals surface area (Å²) in [7, 11) is -2.01. The molecule has 0 radical (unpaired) electrons. The molecule has 0 amide bonds. The van der Waals surface area contributed by atoms with Crippen LogP contribution >= 0.6 is 0 Å². The van der Waals surface area contributed by atoms with Gasteiger partial charge in [0.1, 0.15) is 0 Å². The van der Waals surface area contributed by atoms with Crippen molar-refractivity contribution >= 4 is 40.0 Å². The molecule has 45 heavy (non-hydrogen) atoms. The van der Waals surface area contributed by atoms with Crippen LogP contribution in [0.5, 0.6) is 0 Å². The van der Waals surface area contributed by atoms with Crippen LogP contribution in [-0.4, -0.2) is 8.07 Å². The first-order valence-electron chi connectivity index (χ1n) is 15.8. The molecular weight excluding hydrogens is 723 g/mol. The van der Waals surface area contributed by atoms with Crippen LogP contribution in [0.2, 0.25) is 12.6 Å². The van der Waals surface area contributed by atoms with E-state index in [1.165, 1.54) is 97.8 Å². The Morgan fingerprint density at radius 1 is 0.556 bits per heavy atom. The van der Waals surface area contributed by atoms with Gasteiger partial charge in [-0.15, -0.1) is 68.3 Å². The van der Waals surface area contributed by atoms with Gasteiger partial charge in [0.2, 0.25) is 0 Å². The third kappa shape index (κ3) is 7.44. The second-order valence-electron chi connectivity index (χ2n) is 13.0. The molecule has 0 N–H and O–H groups in total. The third-order valence-electron chi connectivity index (χ3n) is 9.37. The van der Waals surface area contributed by atoms with Crippen LogP contribution in [0, 0.1) is 42.5 Å². The van der Waals surface area contributed by atoms with E-state index in [9.17, 15) is 0 Å². The molecule has 2 heteroatoms. The Kier molecular flexibility index (Phi) is 12.4. The van der Waals surface area contributed by atoms with Crippen LogP contribution in [0.1, 0.15) is 54.9 Å². The molecule has 0 aliphatic carbocycles. The van der Waals surface area contributed by atoms with Gasteiger partial charge >= 0.3 is 25.8 Å². The molecule has 0 saturated carbocycles. The van der Waals surface area contributed by atoms with Gasteiger partial charge in [-0.3, -0.25) is 0 Å². The SMILES string of the molecule is CCCCCC[Si](C)(c1cc2c(-c3cc(C)cc(C)c3)cccc2[cH-]1)c1cc2c(-c3cc(C)cc(C)c3)cccc2[cH-]1.[CH3-].[CH3-].[Hf+4]. The predicted octanol–water partition coefficient (Wildman–Crippen LogP) is 11.7. The Balaban J connectivity index is 0.00000184. The van der Waals surface area contributed by atoms with Crippen molar-refractivity contribution in [2.45, 2.75) is 72.9 Å². The number of rotatable bonds is 9. The maximum atomic E-state index is 2.63. The summed E-state index contributed by atoms with van der Waals surface area (Å²) in [5.74, 6) is 0. The fraction of sp³-hybridized carbons (Fsp3) is 0.256. The van der Waals surface area contributed by atoms with Gasteiger partial charge in [0.15, 0.2) is 0 Å². The monoisotopic (exact) mass is 774 g/mol. The molecule has 0 unspecified atom stereocenters. The van der Waals surface area contributed by atoms with E-state index >= 15 is 0 Å². The molecule has 0 nitrogen and oxygen atoms in total. The Morgan fingerprint density at radius 3 is 1.38 bits per heavy atom. The standard InChI is InChI=1S/C41H44Si.2CH3.Hf/c1-7-8-9-10-17-42(6,36-24-32-13-11-15-38(40(32)26-36)34-20-28(2)18-29(3)21-34)37-25-33-14-12-16-39(41(33)27-37)35-22-30(4)19-31(5)23-35;;;/h11-16,18-27H,7-10,17H2,1-6H3;2*1H3;/q-2;2*-1;+4. The molecule has 0 aromatic heterocycles. The van der Waals surface area contributed by atoms with Gasteiger partial charge in [0.25, 0.3) is 0 Å². The summed E-state index contributed by atoms with van der Waals surface area (Å²) in [4.78, 5) is 0. The number of hydrogen-bond acceptors (Lipinski definition) is 0. The van der Waals surface area contributed by atoms with Crippen molar-refractivity contribution in [2.75, 3.05) is 0 Å². The summed E-state index contributed by atoms with van der Waals surface area (Å²) in [6.07, 6.45) is 5.22. The molecule has 0 spiro atoms. The Labute approximate surface area is 293 Å². The van der Waals surface area contributed by atoms with Crippen molar-refractivity contribution in [1.29, 1.82) is 0 Å². The fourth-order valence-electron chi connectivity index (χ4n) is 7.23. The third-order valence-corrected chi connectivity index (χ3v) is 13.9. The van der Waals surface area contributed by atoms with Crippen LogP contribution in [-0.2, 0) is 25.8 Å². The number of unbranched alkanes of at least 4 members (excludes halogenated alkanes) is 3. The van der Waals surface area contributed by atoms with Crippen molar-refractivity contribution < 1.29 is 25.8 Å². The normalized spacial score (nSPS) is 11.2. The second kappa shape index (κ2) is 15.2. The summed E-state index contributed by atoms with van der Waals surface area (Å²) in [5, 5.41) is 8.71. The molecule has 0 atom stereocenters. The first-order chi connectivity index (χ1) is 20.2. The van der Waals surface area contributed by atoms with Crippen molar-refractivity contribution in [1.82, 2.24) is 0 Å². The van der Waals surface area contributed by atoms with E-state index < -0.39 is 8.07 Å². The quantitative estimate of drug-likeness (QED) is 0.0780. The van der Waals surface area contributed by atoms with E-state index in [0.717, 1.165) is 0 Å². The van der Waals surface area contributed by atoms with Gasteiger partial charge < -0.3 is 14.9 Å². The number of aryl methyl sites for hydroxylation is 4. The summed E-state index contributed by atoms with van der Waals surface area (Å²) in [5.41, 5.74) is 10.7. The topological polar surface area (TPSA) is 0 Å². The van der Waals surface area contributed by atoms with Crippen LogP contribution in [0.15, 0.2) is 97.1 Å². The zero-order valence-corrected chi connectivity index (χ0v) is 33.4. The van der Waals surface area contributed by atoms with Gasteiger partial charge in [0.05, 0.1) is 8.07 Å². The maximum Gasteiger partial charge on any atom is 4.00 e. The van der Waals surface area contributed by atoms with Crippen molar-refractivity contribution in [3.05, 3.63) is 134 Å². The molecule has 0 saturated heterocycles. The smallest absolute Gasteiger partial charge is 0.358 e. The van der Waals surface area contributed by atoms with Gasteiger partial charge in [-0.1, -0.05) is 127 Å². The van der Waals surface area contributed by atoms with E-state index in [0.29, 0.717) is 0 Å². The van der Waals surface area contributed by atoms with E-state index in [2.05, 4.69) is 138 Å². The largest absolute Gasteiger partial charge is 4.00 e. The minimum Gasteiger partial charge on any atom is -0.358 e. The maximum absolute atomic E-state index is 2.63. The molecule has 6 aromatic carbocycles. The Hall–Kier alpha value is -2.81. The molecule has 6 aromatic rings. The minimum atomic E-state index is -2.01. The van der Waals surface area contributed by atoms with Crippen LogP contribution in [0.25, 0.3) is 43.8 Å². The predicted molar refractivity (Wildman–Crippen MR) is 202 cm³/mol. The van der Waals surface area contributed by atoms with Crippen molar-refractivity contribution in [3.63, 3.8) is 0 Å². The summed E-state index contributed by atoms with van der Waals surface area (Å²) in [6.45, 7) is 13.8. The molecule has 6 rings (SSSR count). The zero-order chi connectivity index (χ0) is 29.4. The number of benzene rings is 4. The molecule has 0 bridgehead atoms. The Morgan fingerprint density at radius 2 is 0.978 bits per heavy atom. The molecule has 0 aliphatic heterocycles. The van der Waals surface area contributed by atoms with Crippen LogP contribution in [0.4, 0.5) is 0 Å². The summed E-state index contributed by atoms with van der Waals surface area (Å²) < 4.78 is 0. The average Bonchev–Trinajstić information content (AvgIpc) is 3.59. The molecule has 230 valence electrons. The molecule has 0 heterocycles. The van der Waals surface area contributed by atoms with Crippen molar-refractivity contribution in [2.24, 2.45) is 0 Å². The van der Waals surface area contributed by atoms with E-state index in [4.69, 9.17) is 0 Å².